The lowest BCUT2D eigenvalue weighted by Crippen LogP contribution is -2.47. The highest BCUT2D eigenvalue weighted by atomic mass is 16.5. The third-order valence-electron chi connectivity index (χ3n) is 6.41. The number of Topliss-reactive ketones (excluding diaryl/α,β-unsaturated/α-hetero) is 1. The number of rotatable bonds is 7. The molecule has 0 aromatic heterocycles. The summed E-state index contributed by atoms with van der Waals surface area (Å²) in [4.78, 5) is 66.6. The average Bonchev–Trinajstić information content (AvgIpc) is 3.36. The van der Waals surface area contributed by atoms with Gasteiger partial charge in [0.15, 0.2) is 6.10 Å². The van der Waals surface area contributed by atoms with Gasteiger partial charge in [-0.3, -0.25) is 24.1 Å². The summed E-state index contributed by atoms with van der Waals surface area (Å²) in [5.41, 5.74) is 2.53. The lowest BCUT2D eigenvalue weighted by Gasteiger charge is -2.27. The summed E-state index contributed by atoms with van der Waals surface area (Å²) in [6.07, 6.45) is -0.263. The smallest absolute Gasteiger partial charge is 0.330 e. The van der Waals surface area contributed by atoms with Crippen LogP contribution in [0.1, 0.15) is 70.8 Å². The van der Waals surface area contributed by atoms with Crippen LogP contribution in [0, 0.1) is 5.92 Å². The summed E-state index contributed by atoms with van der Waals surface area (Å²) in [6, 6.07) is 10.4. The van der Waals surface area contributed by atoms with Crippen LogP contribution in [0.4, 0.5) is 5.69 Å². The first kappa shape index (κ1) is 24.3. The molecular formula is C27H28N2O6. The number of hydrogen-bond acceptors (Lipinski definition) is 6. The maximum atomic E-state index is 13.2. The average molecular weight is 477 g/mol. The Morgan fingerprint density at radius 3 is 2.17 bits per heavy atom. The van der Waals surface area contributed by atoms with E-state index in [1.54, 1.807) is 47.4 Å². The number of hydrogen-bond donors (Lipinski definition) is 0. The van der Waals surface area contributed by atoms with Gasteiger partial charge >= 0.3 is 5.97 Å². The van der Waals surface area contributed by atoms with Gasteiger partial charge in [0, 0.05) is 24.7 Å². The number of carbonyl (C=O) groups excluding carboxylic acids is 5. The zero-order valence-corrected chi connectivity index (χ0v) is 20.2. The molecule has 0 N–H and O–H groups in total. The van der Waals surface area contributed by atoms with Crippen molar-refractivity contribution in [2.24, 2.45) is 5.92 Å². The number of carbonyl (C=O) groups is 5. The van der Waals surface area contributed by atoms with Crippen molar-refractivity contribution in [3.63, 3.8) is 0 Å². The first-order valence-electron chi connectivity index (χ1n) is 11.7. The molecule has 0 fully saturated rings. The Labute approximate surface area is 203 Å². The third-order valence-corrected chi connectivity index (χ3v) is 6.41. The van der Waals surface area contributed by atoms with Crippen molar-refractivity contribution in [1.82, 2.24) is 4.90 Å². The number of ketones is 1. The van der Waals surface area contributed by atoms with E-state index in [9.17, 15) is 24.0 Å². The summed E-state index contributed by atoms with van der Waals surface area (Å²) in [6.45, 7) is 7.29. The summed E-state index contributed by atoms with van der Waals surface area (Å²) in [5, 5.41) is 0. The Morgan fingerprint density at radius 1 is 0.971 bits per heavy atom. The second-order valence-corrected chi connectivity index (χ2v) is 9.38. The fraction of sp³-hybridized carbons (Fsp3) is 0.370. The minimum absolute atomic E-state index is 0.0104. The highest BCUT2D eigenvalue weighted by Gasteiger charge is 2.44. The number of nitrogens with zero attached hydrogens (tertiary/aromatic N) is 2. The zero-order chi connectivity index (χ0) is 25.4. The summed E-state index contributed by atoms with van der Waals surface area (Å²) < 4.78 is 5.52. The molecule has 0 aliphatic carbocycles. The number of imide groups is 1. The molecule has 35 heavy (non-hydrogen) atoms. The van der Waals surface area contributed by atoms with Gasteiger partial charge in [-0.05, 0) is 61.6 Å². The Bertz CT molecular complexity index is 1200. The van der Waals surface area contributed by atoms with Crippen molar-refractivity contribution in [3.8, 4) is 0 Å². The zero-order valence-electron chi connectivity index (χ0n) is 20.2. The molecule has 2 aromatic carbocycles. The van der Waals surface area contributed by atoms with Crippen LogP contribution in [0.15, 0.2) is 42.5 Å². The van der Waals surface area contributed by atoms with Gasteiger partial charge in [-0.2, -0.15) is 0 Å². The fourth-order valence-electron chi connectivity index (χ4n) is 4.67. The van der Waals surface area contributed by atoms with Crippen LogP contribution in [-0.2, 0) is 20.7 Å². The molecule has 0 saturated carbocycles. The summed E-state index contributed by atoms with van der Waals surface area (Å²) in [5.74, 6) is -2.34. The van der Waals surface area contributed by atoms with Crippen LogP contribution >= 0.6 is 0 Å². The predicted molar refractivity (Wildman–Crippen MR) is 128 cm³/mol. The molecule has 3 amide bonds. The molecule has 0 spiro atoms. The van der Waals surface area contributed by atoms with Crippen LogP contribution in [0.5, 0.6) is 0 Å². The van der Waals surface area contributed by atoms with E-state index in [4.69, 9.17) is 4.74 Å². The molecule has 182 valence electrons. The van der Waals surface area contributed by atoms with Crippen LogP contribution < -0.4 is 4.90 Å². The van der Waals surface area contributed by atoms with Gasteiger partial charge in [0.25, 0.3) is 11.8 Å². The standard InChI is InChI=1S/C27H28N2O6/c1-15(2)13-23(29-25(32)20-7-5-6-8-21(20)26(29)33)27(34)35-16(3)24(31)19-9-10-22-18(14-19)11-12-28(22)17(4)30/h5-10,14-16,23H,11-13H2,1-4H3. The Balaban J connectivity index is 1.52. The van der Waals surface area contributed by atoms with E-state index in [1.165, 1.54) is 13.8 Å². The number of amides is 3. The second kappa shape index (κ2) is 9.44. The van der Waals surface area contributed by atoms with Crippen LogP contribution in [0.2, 0.25) is 0 Å². The molecule has 0 bridgehead atoms. The molecule has 2 aliphatic heterocycles. The lowest BCUT2D eigenvalue weighted by atomic mass is 10.0. The van der Waals surface area contributed by atoms with E-state index in [0.29, 0.717) is 18.5 Å². The Kier molecular flexibility index (Phi) is 6.56. The molecule has 2 unspecified atom stereocenters. The van der Waals surface area contributed by atoms with Gasteiger partial charge in [0.05, 0.1) is 11.1 Å². The van der Waals surface area contributed by atoms with E-state index < -0.39 is 35.7 Å². The molecule has 2 aliphatic rings. The van der Waals surface area contributed by atoms with Crippen molar-refractivity contribution < 1.29 is 28.7 Å². The maximum Gasteiger partial charge on any atom is 0.330 e. The van der Waals surface area contributed by atoms with Crippen molar-refractivity contribution in [3.05, 3.63) is 64.7 Å². The lowest BCUT2D eigenvalue weighted by molar-refractivity contribution is -0.151. The Morgan fingerprint density at radius 2 is 1.60 bits per heavy atom. The van der Waals surface area contributed by atoms with Crippen LogP contribution in [-0.4, -0.2) is 53.1 Å². The maximum absolute atomic E-state index is 13.2. The van der Waals surface area contributed by atoms with E-state index in [1.807, 2.05) is 13.8 Å². The molecule has 0 saturated heterocycles. The molecular weight excluding hydrogens is 448 g/mol. The SMILES string of the molecule is CC(=O)N1CCc2cc(C(=O)C(C)OC(=O)C(CC(C)C)N3C(=O)c4ccccc4C3=O)ccc21. The third kappa shape index (κ3) is 4.48. The van der Waals surface area contributed by atoms with Gasteiger partial charge < -0.3 is 9.64 Å². The van der Waals surface area contributed by atoms with Gasteiger partial charge in [0.2, 0.25) is 11.7 Å². The highest BCUT2D eigenvalue weighted by molar-refractivity contribution is 6.22. The Hall–Kier alpha value is -3.81. The molecule has 2 atom stereocenters. The highest BCUT2D eigenvalue weighted by Crippen LogP contribution is 2.30. The van der Waals surface area contributed by atoms with Crippen molar-refractivity contribution in [1.29, 1.82) is 0 Å². The number of fused-ring (bicyclic) bond motifs is 2. The normalized spacial score (nSPS) is 16.3. The van der Waals surface area contributed by atoms with E-state index in [-0.39, 0.29) is 29.4 Å². The van der Waals surface area contributed by atoms with E-state index in [2.05, 4.69) is 0 Å². The quantitative estimate of drug-likeness (QED) is 0.345. The minimum Gasteiger partial charge on any atom is -0.453 e. The number of benzene rings is 2. The molecule has 4 rings (SSSR count). The van der Waals surface area contributed by atoms with Crippen LogP contribution in [0.3, 0.4) is 0 Å². The van der Waals surface area contributed by atoms with E-state index >= 15 is 0 Å². The van der Waals surface area contributed by atoms with Crippen molar-refractivity contribution in [2.75, 3.05) is 11.4 Å². The molecule has 2 heterocycles. The van der Waals surface area contributed by atoms with Crippen molar-refractivity contribution in [2.45, 2.75) is 52.7 Å². The number of ether oxygens (including phenoxy) is 1. The fourth-order valence-corrected chi connectivity index (χ4v) is 4.67. The number of anilines is 1. The van der Waals surface area contributed by atoms with Gasteiger partial charge in [-0.15, -0.1) is 0 Å². The minimum atomic E-state index is -1.14. The first-order chi connectivity index (χ1) is 16.6. The van der Waals surface area contributed by atoms with Gasteiger partial charge in [-0.1, -0.05) is 26.0 Å². The molecule has 8 heteroatoms. The first-order valence-corrected chi connectivity index (χ1v) is 11.7. The second-order valence-electron chi connectivity index (χ2n) is 9.38. The van der Waals surface area contributed by atoms with E-state index in [0.717, 1.165) is 16.2 Å². The number of esters is 1. The topological polar surface area (TPSA) is 101 Å². The summed E-state index contributed by atoms with van der Waals surface area (Å²) in [7, 11) is 0. The predicted octanol–water partition coefficient (Wildman–Crippen LogP) is 3.42. The van der Waals surface area contributed by atoms with Gasteiger partial charge in [0.1, 0.15) is 6.04 Å². The molecule has 8 nitrogen and oxygen atoms in total. The van der Waals surface area contributed by atoms with Gasteiger partial charge in [-0.25, -0.2) is 4.79 Å². The monoisotopic (exact) mass is 476 g/mol. The van der Waals surface area contributed by atoms with Crippen molar-refractivity contribution >= 4 is 35.2 Å². The largest absolute Gasteiger partial charge is 0.453 e. The molecule has 0 radical (unpaired) electrons. The summed E-state index contributed by atoms with van der Waals surface area (Å²) >= 11 is 0. The van der Waals surface area contributed by atoms with Crippen LogP contribution in [0.25, 0.3) is 0 Å². The molecule has 2 aromatic rings.